The molecular formula is C32H29F3N2O2. The van der Waals surface area contributed by atoms with Crippen LogP contribution < -0.4 is 10.3 Å². The summed E-state index contributed by atoms with van der Waals surface area (Å²) in [6.07, 6.45) is -4.86. The van der Waals surface area contributed by atoms with Gasteiger partial charge < -0.3 is 9.30 Å². The lowest BCUT2D eigenvalue weighted by Gasteiger charge is -2.20. The Morgan fingerprint density at radius 2 is 1.59 bits per heavy atom. The number of hydrogen-bond donors (Lipinski definition) is 0. The predicted octanol–water partition coefficient (Wildman–Crippen LogP) is 8.16. The van der Waals surface area contributed by atoms with Gasteiger partial charge in [-0.05, 0) is 84.0 Å². The van der Waals surface area contributed by atoms with Gasteiger partial charge in [-0.2, -0.15) is 18.4 Å². The third kappa shape index (κ3) is 6.06. The summed E-state index contributed by atoms with van der Waals surface area (Å²) < 4.78 is 48.9. The Kier molecular flexibility index (Phi) is 7.43. The molecule has 3 aromatic carbocycles. The third-order valence-electron chi connectivity index (χ3n) is 6.63. The Balaban J connectivity index is 1.79. The Bertz CT molecular complexity index is 1620. The molecule has 1 aromatic heterocycles. The van der Waals surface area contributed by atoms with Crippen LogP contribution in [0.3, 0.4) is 0 Å². The zero-order valence-electron chi connectivity index (χ0n) is 22.5. The lowest BCUT2D eigenvalue weighted by atomic mass is 9.87. The van der Waals surface area contributed by atoms with E-state index >= 15 is 0 Å². The number of hydrogen-bond acceptors (Lipinski definition) is 3. The second-order valence-corrected chi connectivity index (χ2v) is 10.7. The molecule has 0 bridgehead atoms. The molecule has 0 atom stereocenters. The molecule has 0 N–H and O–H groups in total. The highest BCUT2D eigenvalue weighted by molar-refractivity contribution is 5.64. The zero-order valence-corrected chi connectivity index (χ0v) is 22.5. The number of aromatic nitrogens is 1. The first-order chi connectivity index (χ1) is 18.3. The first kappa shape index (κ1) is 27.7. The Labute approximate surface area is 225 Å². The summed E-state index contributed by atoms with van der Waals surface area (Å²) in [7, 11) is 0. The van der Waals surface area contributed by atoms with Crippen molar-refractivity contribution in [1.29, 1.82) is 5.26 Å². The molecule has 4 nitrogen and oxygen atoms in total. The molecule has 0 spiro atoms. The van der Waals surface area contributed by atoms with Crippen molar-refractivity contribution in [2.75, 3.05) is 0 Å². The molecule has 0 saturated heterocycles. The van der Waals surface area contributed by atoms with Crippen LogP contribution in [-0.4, -0.2) is 4.57 Å². The Morgan fingerprint density at radius 1 is 0.897 bits per heavy atom. The van der Waals surface area contributed by atoms with Gasteiger partial charge in [-0.25, -0.2) is 0 Å². The van der Waals surface area contributed by atoms with Crippen molar-refractivity contribution in [3.63, 3.8) is 0 Å². The number of nitriles is 1. The fourth-order valence-electron chi connectivity index (χ4n) is 4.42. The summed E-state index contributed by atoms with van der Waals surface area (Å²) in [5.41, 5.74) is 1.03. The minimum atomic E-state index is -4.86. The van der Waals surface area contributed by atoms with Gasteiger partial charge in [0, 0.05) is 0 Å². The molecule has 0 unspecified atom stereocenters. The molecule has 0 radical (unpaired) electrons. The van der Waals surface area contributed by atoms with E-state index in [9.17, 15) is 23.2 Å². The van der Waals surface area contributed by atoms with Gasteiger partial charge in [0.05, 0.1) is 17.8 Å². The summed E-state index contributed by atoms with van der Waals surface area (Å²) in [5.74, 6) is 1.14. The second kappa shape index (κ2) is 10.5. The van der Waals surface area contributed by atoms with Crippen molar-refractivity contribution >= 4 is 0 Å². The van der Waals surface area contributed by atoms with E-state index in [-0.39, 0.29) is 17.7 Å². The molecule has 1 heterocycles. The van der Waals surface area contributed by atoms with Crippen LogP contribution >= 0.6 is 0 Å². The number of halogens is 3. The molecule has 7 heteroatoms. The van der Waals surface area contributed by atoms with E-state index in [2.05, 4.69) is 20.8 Å². The predicted molar refractivity (Wildman–Crippen MR) is 146 cm³/mol. The standard InChI is InChI=1S/C32H29F3N2O2/c1-20-9-10-23(21(2)15-20)19-37-29(17-28(32(33,34)35)27(18-36)30(37)38)22-11-13-25(14-12-22)39-26-8-6-7-24(16-26)31(3,4)5/h6-17H,19H2,1-5H3. The summed E-state index contributed by atoms with van der Waals surface area (Å²) in [5, 5.41) is 9.47. The number of alkyl halides is 3. The Hall–Kier alpha value is -4.31. The SMILES string of the molecule is Cc1ccc(Cn2c(-c3ccc(Oc4cccc(C(C)(C)C)c4)cc3)cc(C(F)(F)F)c(C#N)c2=O)c(C)c1. The number of nitrogens with zero attached hydrogens (tertiary/aromatic N) is 2. The van der Waals surface area contributed by atoms with E-state index in [1.807, 2.05) is 56.3 Å². The molecule has 4 rings (SSSR count). The van der Waals surface area contributed by atoms with E-state index < -0.39 is 22.9 Å². The minimum Gasteiger partial charge on any atom is -0.457 e. The monoisotopic (exact) mass is 530 g/mol. The molecule has 0 aliphatic carbocycles. The zero-order chi connectivity index (χ0) is 28.5. The topological polar surface area (TPSA) is 55.0 Å². The highest BCUT2D eigenvalue weighted by Crippen LogP contribution is 2.35. The lowest BCUT2D eigenvalue weighted by molar-refractivity contribution is -0.137. The van der Waals surface area contributed by atoms with Crippen LogP contribution in [0.1, 0.15) is 54.2 Å². The average molecular weight is 531 g/mol. The van der Waals surface area contributed by atoms with Gasteiger partial charge in [0.1, 0.15) is 23.1 Å². The van der Waals surface area contributed by atoms with E-state index in [0.717, 1.165) is 28.3 Å². The quantitative estimate of drug-likeness (QED) is 0.262. The van der Waals surface area contributed by atoms with Gasteiger partial charge in [-0.15, -0.1) is 0 Å². The molecule has 4 aromatic rings. The molecule has 0 amide bonds. The van der Waals surface area contributed by atoms with E-state index in [0.29, 0.717) is 17.1 Å². The molecule has 0 saturated carbocycles. The number of benzene rings is 3. The van der Waals surface area contributed by atoms with Crippen molar-refractivity contribution < 1.29 is 17.9 Å². The van der Waals surface area contributed by atoms with Crippen LogP contribution in [-0.2, 0) is 18.1 Å². The molecule has 0 aliphatic heterocycles. The summed E-state index contributed by atoms with van der Waals surface area (Å²) in [6, 6.07) is 22.3. The number of aryl methyl sites for hydroxylation is 2. The first-order valence-electron chi connectivity index (χ1n) is 12.5. The fourth-order valence-corrected chi connectivity index (χ4v) is 4.42. The van der Waals surface area contributed by atoms with Gasteiger partial charge in [-0.1, -0.05) is 56.7 Å². The van der Waals surface area contributed by atoms with Crippen molar-refractivity contribution in [3.8, 4) is 28.8 Å². The maximum Gasteiger partial charge on any atom is 0.417 e. The van der Waals surface area contributed by atoms with E-state index in [1.165, 1.54) is 10.6 Å². The van der Waals surface area contributed by atoms with Gasteiger partial charge in [-0.3, -0.25) is 4.79 Å². The third-order valence-corrected chi connectivity index (χ3v) is 6.63. The maximum absolute atomic E-state index is 13.9. The highest BCUT2D eigenvalue weighted by atomic mass is 19.4. The van der Waals surface area contributed by atoms with Crippen molar-refractivity contribution in [3.05, 3.63) is 117 Å². The summed E-state index contributed by atoms with van der Waals surface area (Å²) in [6.45, 7) is 10.1. The van der Waals surface area contributed by atoms with Crippen LogP contribution in [0, 0.1) is 25.2 Å². The molecular weight excluding hydrogens is 501 g/mol. The van der Waals surface area contributed by atoms with Crippen LogP contribution in [0.5, 0.6) is 11.5 Å². The van der Waals surface area contributed by atoms with Crippen LogP contribution in [0.2, 0.25) is 0 Å². The summed E-state index contributed by atoms with van der Waals surface area (Å²) in [4.78, 5) is 13.3. The van der Waals surface area contributed by atoms with Crippen molar-refractivity contribution in [2.24, 2.45) is 0 Å². The fraction of sp³-hybridized carbons (Fsp3) is 0.250. The Morgan fingerprint density at radius 3 is 2.18 bits per heavy atom. The number of ether oxygens (including phenoxy) is 1. The average Bonchev–Trinajstić information content (AvgIpc) is 2.86. The van der Waals surface area contributed by atoms with Crippen LogP contribution in [0.15, 0.2) is 77.6 Å². The van der Waals surface area contributed by atoms with Gasteiger partial charge in [0.15, 0.2) is 0 Å². The van der Waals surface area contributed by atoms with E-state index in [1.54, 1.807) is 24.3 Å². The molecule has 0 aliphatic rings. The van der Waals surface area contributed by atoms with Gasteiger partial charge in [0.25, 0.3) is 5.56 Å². The largest absolute Gasteiger partial charge is 0.457 e. The number of pyridine rings is 1. The number of rotatable bonds is 5. The van der Waals surface area contributed by atoms with Crippen LogP contribution in [0.25, 0.3) is 11.3 Å². The summed E-state index contributed by atoms with van der Waals surface area (Å²) >= 11 is 0. The maximum atomic E-state index is 13.9. The molecule has 0 fully saturated rings. The smallest absolute Gasteiger partial charge is 0.417 e. The van der Waals surface area contributed by atoms with Gasteiger partial charge in [0.2, 0.25) is 0 Å². The van der Waals surface area contributed by atoms with Crippen LogP contribution in [0.4, 0.5) is 13.2 Å². The second-order valence-electron chi connectivity index (χ2n) is 10.7. The molecule has 200 valence electrons. The van der Waals surface area contributed by atoms with E-state index in [4.69, 9.17) is 4.74 Å². The highest BCUT2D eigenvalue weighted by Gasteiger charge is 2.36. The first-order valence-corrected chi connectivity index (χ1v) is 12.5. The molecule has 39 heavy (non-hydrogen) atoms. The van der Waals surface area contributed by atoms with Gasteiger partial charge >= 0.3 is 6.18 Å². The van der Waals surface area contributed by atoms with Crippen molar-refractivity contribution in [2.45, 2.75) is 52.8 Å². The minimum absolute atomic E-state index is 0.0188. The normalized spacial score (nSPS) is 11.8. The lowest BCUT2D eigenvalue weighted by Crippen LogP contribution is -2.29. The van der Waals surface area contributed by atoms with Crippen molar-refractivity contribution in [1.82, 2.24) is 4.57 Å².